The lowest BCUT2D eigenvalue weighted by molar-refractivity contribution is -0.142. The molecular weight excluding hydrogens is 376 g/mol. The average Bonchev–Trinajstić information content (AvgIpc) is 3.15. The fourth-order valence-electron chi connectivity index (χ4n) is 4.14. The molecule has 0 saturated carbocycles. The molecular formula is C24H28N4O2. The number of imidazole rings is 1. The molecule has 1 aromatic heterocycles. The SMILES string of the molecule is CCCCNC(=O)C[C@@H]1C(=O)N(Cc2ccccc2)[C@H](C)c2nc3ccccc3n21. The molecule has 1 aliphatic rings. The molecule has 2 aromatic carbocycles. The van der Waals surface area contributed by atoms with Gasteiger partial charge in [-0.25, -0.2) is 4.98 Å². The van der Waals surface area contributed by atoms with Crippen LogP contribution in [0.4, 0.5) is 0 Å². The minimum Gasteiger partial charge on any atom is -0.356 e. The van der Waals surface area contributed by atoms with Gasteiger partial charge in [0.15, 0.2) is 0 Å². The molecule has 0 spiro atoms. The van der Waals surface area contributed by atoms with Crippen LogP contribution in [0.2, 0.25) is 0 Å². The van der Waals surface area contributed by atoms with Crippen LogP contribution in [0.1, 0.15) is 56.6 Å². The molecule has 30 heavy (non-hydrogen) atoms. The van der Waals surface area contributed by atoms with Crippen molar-refractivity contribution in [1.29, 1.82) is 0 Å². The molecule has 1 N–H and O–H groups in total. The van der Waals surface area contributed by atoms with E-state index in [-0.39, 0.29) is 24.3 Å². The number of hydrogen-bond acceptors (Lipinski definition) is 3. The van der Waals surface area contributed by atoms with E-state index in [1.54, 1.807) is 0 Å². The first kappa shape index (κ1) is 20.1. The molecule has 4 rings (SSSR count). The van der Waals surface area contributed by atoms with Crippen LogP contribution < -0.4 is 5.32 Å². The third kappa shape index (κ3) is 3.82. The number of nitrogens with zero attached hydrogens (tertiary/aromatic N) is 3. The number of carbonyl (C=O) groups excluding carboxylic acids is 2. The van der Waals surface area contributed by atoms with Gasteiger partial charge in [0.05, 0.1) is 23.5 Å². The summed E-state index contributed by atoms with van der Waals surface area (Å²) in [7, 11) is 0. The molecule has 2 atom stereocenters. The van der Waals surface area contributed by atoms with Gasteiger partial charge < -0.3 is 14.8 Å². The lowest BCUT2D eigenvalue weighted by Crippen LogP contribution is -2.46. The number of para-hydroxylation sites is 2. The van der Waals surface area contributed by atoms with E-state index in [1.807, 2.05) is 71.0 Å². The molecule has 0 radical (unpaired) electrons. The number of unbranched alkanes of at least 4 members (excludes halogenated alkanes) is 1. The smallest absolute Gasteiger partial charge is 0.247 e. The first-order valence-electron chi connectivity index (χ1n) is 10.7. The van der Waals surface area contributed by atoms with Gasteiger partial charge in [-0.2, -0.15) is 0 Å². The van der Waals surface area contributed by atoms with Crippen molar-refractivity contribution >= 4 is 22.8 Å². The van der Waals surface area contributed by atoms with Gasteiger partial charge >= 0.3 is 0 Å². The van der Waals surface area contributed by atoms with Crippen LogP contribution in [0, 0.1) is 0 Å². The fraction of sp³-hybridized carbons (Fsp3) is 0.375. The highest BCUT2D eigenvalue weighted by atomic mass is 16.2. The van der Waals surface area contributed by atoms with Crippen molar-refractivity contribution < 1.29 is 9.59 Å². The van der Waals surface area contributed by atoms with E-state index in [1.165, 1.54) is 0 Å². The maximum Gasteiger partial charge on any atom is 0.247 e. The Hall–Kier alpha value is -3.15. The van der Waals surface area contributed by atoms with Gasteiger partial charge in [0.25, 0.3) is 0 Å². The Labute approximate surface area is 176 Å². The summed E-state index contributed by atoms with van der Waals surface area (Å²) in [4.78, 5) is 32.9. The zero-order chi connectivity index (χ0) is 21.1. The van der Waals surface area contributed by atoms with E-state index < -0.39 is 6.04 Å². The molecule has 6 heteroatoms. The van der Waals surface area contributed by atoms with Gasteiger partial charge in [0, 0.05) is 13.1 Å². The van der Waals surface area contributed by atoms with Crippen molar-refractivity contribution in [2.75, 3.05) is 6.54 Å². The summed E-state index contributed by atoms with van der Waals surface area (Å²) in [6, 6.07) is 17.0. The fourth-order valence-corrected chi connectivity index (χ4v) is 4.14. The van der Waals surface area contributed by atoms with Gasteiger partial charge in [-0.05, 0) is 31.0 Å². The number of nitrogens with one attached hydrogen (secondary N) is 1. The molecule has 0 fully saturated rings. The normalized spacial score (nSPS) is 18.5. The van der Waals surface area contributed by atoms with Crippen LogP contribution in [-0.2, 0) is 16.1 Å². The maximum atomic E-state index is 13.6. The first-order chi connectivity index (χ1) is 14.6. The van der Waals surface area contributed by atoms with Crippen LogP contribution >= 0.6 is 0 Å². The second kappa shape index (κ2) is 8.69. The van der Waals surface area contributed by atoms with Crippen LogP contribution in [0.3, 0.4) is 0 Å². The van der Waals surface area contributed by atoms with E-state index in [9.17, 15) is 9.59 Å². The zero-order valence-corrected chi connectivity index (χ0v) is 17.5. The topological polar surface area (TPSA) is 67.2 Å². The average molecular weight is 405 g/mol. The molecule has 1 aliphatic heterocycles. The van der Waals surface area contributed by atoms with Crippen molar-refractivity contribution in [3.63, 3.8) is 0 Å². The molecule has 0 saturated heterocycles. The van der Waals surface area contributed by atoms with Crippen molar-refractivity contribution in [3.8, 4) is 0 Å². The molecule has 0 unspecified atom stereocenters. The Morgan fingerprint density at radius 1 is 1.10 bits per heavy atom. The van der Waals surface area contributed by atoms with Crippen LogP contribution in [0.25, 0.3) is 11.0 Å². The highest BCUT2D eigenvalue weighted by molar-refractivity contribution is 5.90. The monoisotopic (exact) mass is 404 g/mol. The standard InChI is InChI=1S/C24H28N4O2/c1-3-4-14-25-22(29)15-21-24(30)27(16-18-10-6-5-7-11-18)17(2)23-26-19-12-8-9-13-20(19)28(21)23/h5-13,17,21H,3-4,14-16H2,1-2H3,(H,25,29)/t17-,21-/m1/s1. The molecule has 156 valence electrons. The summed E-state index contributed by atoms with van der Waals surface area (Å²) in [5.74, 6) is 0.700. The van der Waals surface area contributed by atoms with Gasteiger partial charge in [0.2, 0.25) is 11.8 Å². The Balaban J connectivity index is 1.70. The Morgan fingerprint density at radius 3 is 2.60 bits per heavy atom. The summed E-state index contributed by atoms with van der Waals surface area (Å²) in [5, 5.41) is 2.95. The Morgan fingerprint density at radius 2 is 1.83 bits per heavy atom. The van der Waals surface area contributed by atoms with Crippen molar-refractivity contribution in [1.82, 2.24) is 19.8 Å². The number of benzene rings is 2. The van der Waals surface area contributed by atoms with E-state index in [2.05, 4.69) is 12.2 Å². The molecule has 3 aromatic rings. The highest BCUT2D eigenvalue weighted by Gasteiger charge is 2.40. The van der Waals surface area contributed by atoms with Gasteiger partial charge in [-0.15, -0.1) is 0 Å². The minimum absolute atomic E-state index is 0.0346. The third-order valence-corrected chi connectivity index (χ3v) is 5.77. The Bertz CT molecular complexity index is 1040. The summed E-state index contributed by atoms with van der Waals surface area (Å²) < 4.78 is 1.98. The summed E-state index contributed by atoms with van der Waals surface area (Å²) in [6.45, 7) is 5.23. The quantitative estimate of drug-likeness (QED) is 0.606. The second-order valence-electron chi connectivity index (χ2n) is 7.88. The predicted molar refractivity (Wildman–Crippen MR) is 117 cm³/mol. The Kier molecular flexibility index (Phi) is 5.84. The van der Waals surface area contributed by atoms with Crippen LogP contribution in [0.15, 0.2) is 54.6 Å². The molecule has 2 heterocycles. The second-order valence-corrected chi connectivity index (χ2v) is 7.88. The van der Waals surface area contributed by atoms with E-state index in [0.717, 1.165) is 35.3 Å². The number of fused-ring (bicyclic) bond motifs is 3. The summed E-state index contributed by atoms with van der Waals surface area (Å²) >= 11 is 0. The van der Waals surface area contributed by atoms with Crippen LogP contribution in [-0.4, -0.2) is 32.8 Å². The largest absolute Gasteiger partial charge is 0.356 e. The molecule has 0 aliphatic carbocycles. The third-order valence-electron chi connectivity index (χ3n) is 5.77. The molecule has 2 amide bonds. The summed E-state index contributed by atoms with van der Waals surface area (Å²) in [6.07, 6.45) is 2.07. The summed E-state index contributed by atoms with van der Waals surface area (Å²) in [5.41, 5.74) is 2.82. The van der Waals surface area contributed by atoms with Gasteiger partial charge in [0.1, 0.15) is 11.9 Å². The van der Waals surface area contributed by atoms with Gasteiger partial charge in [-0.1, -0.05) is 55.8 Å². The number of hydrogen-bond donors (Lipinski definition) is 1. The van der Waals surface area contributed by atoms with Crippen molar-refractivity contribution in [2.45, 2.75) is 51.7 Å². The highest BCUT2D eigenvalue weighted by Crippen LogP contribution is 2.37. The zero-order valence-electron chi connectivity index (χ0n) is 17.5. The lowest BCUT2D eigenvalue weighted by Gasteiger charge is -2.38. The number of rotatable bonds is 7. The lowest BCUT2D eigenvalue weighted by atomic mass is 10.0. The van der Waals surface area contributed by atoms with Crippen molar-refractivity contribution in [2.24, 2.45) is 0 Å². The van der Waals surface area contributed by atoms with Crippen LogP contribution in [0.5, 0.6) is 0 Å². The predicted octanol–water partition coefficient (Wildman–Crippen LogP) is 3.99. The van der Waals surface area contributed by atoms with E-state index in [4.69, 9.17) is 4.98 Å². The first-order valence-corrected chi connectivity index (χ1v) is 10.7. The minimum atomic E-state index is -0.589. The number of aromatic nitrogens is 2. The van der Waals surface area contributed by atoms with Gasteiger partial charge in [-0.3, -0.25) is 9.59 Å². The number of carbonyl (C=O) groups is 2. The number of amides is 2. The van der Waals surface area contributed by atoms with E-state index in [0.29, 0.717) is 13.1 Å². The molecule has 6 nitrogen and oxygen atoms in total. The van der Waals surface area contributed by atoms with Crippen molar-refractivity contribution in [3.05, 3.63) is 66.0 Å². The molecule has 0 bridgehead atoms. The van der Waals surface area contributed by atoms with E-state index >= 15 is 0 Å². The maximum absolute atomic E-state index is 13.6.